The average molecular weight is 321 g/mol. The van der Waals surface area contributed by atoms with Gasteiger partial charge in [0.05, 0.1) is 23.8 Å². The maximum atomic E-state index is 12.9. The number of hydrogen-bond donors (Lipinski definition) is 1. The molecule has 1 aromatic rings. The minimum Gasteiger partial charge on any atom is -0.481 e. The van der Waals surface area contributed by atoms with Gasteiger partial charge in [-0.25, -0.2) is 0 Å². The molecule has 3 heterocycles. The van der Waals surface area contributed by atoms with Crippen LogP contribution in [0.1, 0.15) is 42.4 Å². The Morgan fingerprint density at radius 3 is 2.78 bits per heavy atom. The smallest absolute Gasteiger partial charge is 0.311 e. The molecule has 1 amide bonds. The molecule has 1 N–H and O–H groups in total. The maximum absolute atomic E-state index is 12.9. The fourth-order valence-corrected chi connectivity index (χ4v) is 3.78. The number of nitrogens with zero attached hydrogens (tertiary/aromatic N) is 3. The second kappa shape index (κ2) is 5.63. The van der Waals surface area contributed by atoms with Gasteiger partial charge in [-0.3, -0.25) is 14.3 Å². The number of carboxylic acid groups (broad SMARTS) is 1. The predicted octanol–water partition coefficient (Wildman–Crippen LogP) is 1.34. The number of aliphatic carboxylic acids is 1. The molecule has 126 valence electrons. The fourth-order valence-electron chi connectivity index (χ4n) is 3.78. The van der Waals surface area contributed by atoms with E-state index in [4.69, 9.17) is 4.74 Å². The minimum atomic E-state index is -0.865. The van der Waals surface area contributed by atoms with Crippen LogP contribution < -0.4 is 0 Å². The molecule has 0 bridgehead atoms. The molecule has 0 spiro atoms. The summed E-state index contributed by atoms with van der Waals surface area (Å²) in [5.74, 6) is -1.10. The highest BCUT2D eigenvalue weighted by atomic mass is 16.5. The number of likely N-dealkylation sites (tertiary alicyclic amines) is 1. The average Bonchev–Trinajstić information content (AvgIpc) is 3.08. The summed E-state index contributed by atoms with van der Waals surface area (Å²) >= 11 is 0. The third-order valence-electron chi connectivity index (χ3n) is 5.18. The van der Waals surface area contributed by atoms with Gasteiger partial charge in [-0.15, -0.1) is 0 Å². The summed E-state index contributed by atoms with van der Waals surface area (Å²) in [4.78, 5) is 26.3. The lowest BCUT2D eigenvalue weighted by molar-refractivity contribution is -0.157. The normalized spacial score (nSPS) is 27.3. The van der Waals surface area contributed by atoms with Crippen molar-refractivity contribution >= 4 is 11.9 Å². The zero-order chi connectivity index (χ0) is 16.8. The molecule has 2 atom stereocenters. The van der Waals surface area contributed by atoms with Gasteiger partial charge in [-0.05, 0) is 27.2 Å². The van der Waals surface area contributed by atoms with Gasteiger partial charge >= 0.3 is 5.97 Å². The maximum Gasteiger partial charge on any atom is 0.311 e. The number of carbonyl (C=O) groups is 2. The van der Waals surface area contributed by atoms with E-state index in [1.165, 1.54) is 0 Å². The van der Waals surface area contributed by atoms with Gasteiger partial charge in [0.25, 0.3) is 5.91 Å². The molecule has 0 radical (unpaired) electrons. The summed E-state index contributed by atoms with van der Waals surface area (Å²) in [5, 5.41) is 14.0. The van der Waals surface area contributed by atoms with Crippen molar-refractivity contribution in [2.24, 2.45) is 11.3 Å². The van der Waals surface area contributed by atoms with Crippen molar-refractivity contribution in [3.05, 3.63) is 17.5 Å². The summed E-state index contributed by atoms with van der Waals surface area (Å²) in [6, 6.07) is 0.177. The van der Waals surface area contributed by atoms with Crippen LogP contribution in [-0.2, 0) is 9.53 Å². The standard InChI is InChI=1S/C16H23N3O4/c1-10(2)19-11(3)13(6-17-19)14(20)18-7-12-8-23-5-4-16(12,9-18)15(21)22/h6,10,12H,4-5,7-9H2,1-3H3,(H,21,22)/t12-,16+/m0/s1. The lowest BCUT2D eigenvalue weighted by atomic mass is 9.74. The Morgan fingerprint density at radius 1 is 1.48 bits per heavy atom. The molecule has 7 nitrogen and oxygen atoms in total. The molecule has 7 heteroatoms. The van der Waals surface area contributed by atoms with E-state index in [9.17, 15) is 14.7 Å². The third-order valence-corrected chi connectivity index (χ3v) is 5.18. The minimum absolute atomic E-state index is 0.135. The fraction of sp³-hybridized carbons (Fsp3) is 0.688. The molecule has 0 saturated carbocycles. The Morgan fingerprint density at radius 2 is 2.22 bits per heavy atom. The zero-order valence-electron chi connectivity index (χ0n) is 13.8. The van der Waals surface area contributed by atoms with Gasteiger partial charge in [-0.2, -0.15) is 5.10 Å². The van der Waals surface area contributed by atoms with Gasteiger partial charge < -0.3 is 14.7 Å². The lowest BCUT2D eigenvalue weighted by Crippen LogP contribution is -2.45. The van der Waals surface area contributed by atoms with Crippen LogP contribution in [0.4, 0.5) is 0 Å². The largest absolute Gasteiger partial charge is 0.481 e. The van der Waals surface area contributed by atoms with Crippen LogP contribution in [0.2, 0.25) is 0 Å². The summed E-state index contributed by atoms with van der Waals surface area (Å²) in [5.41, 5.74) is 0.509. The van der Waals surface area contributed by atoms with Crippen LogP contribution in [0.15, 0.2) is 6.20 Å². The van der Waals surface area contributed by atoms with Gasteiger partial charge in [0.15, 0.2) is 0 Å². The number of ether oxygens (including phenoxy) is 1. The van der Waals surface area contributed by atoms with Gasteiger partial charge in [0.1, 0.15) is 0 Å². The summed E-state index contributed by atoms with van der Waals surface area (Å²) in [6.07, 6.45) is 2.05. The Labute approximate surface area is 135 Å². The first-order valence-corrected chi connectivity index (χ1v) is 8.01. The van der Waals surface area contributed by atoms with Crippen molar-refractivity contribution < 1.29 is 19.4 Å². The second-order valence-electron chi connectivity index (χ2n) is 6.85. The Bertz CT molecular complexity index is 639. The highest BCUT2D eigenvalue weighted by molar-refractivity contribution is 5.96. The predicted molar refractivity (Wildman–Crippen MR) is 82.2 cm³/mol. The van der Waals surface area contributed by atoms with Gasteiger partial charge in [0.2, 0.25) is 0 Å². The topological polar surface area (TPSA) is 84.7 Å². The Kier molecular flexibility index (Phi) is 3.91. The summed E-state index contributed by atoms with van der Waals surface area (Å²) < 4.78 is 7.25. The van der Waals surface area contributed by atoms with Crippen LogP contribution in [0.25, 0.3) is 0 Å². The van der Waals surface area contributed by atoms with E-state index in [-0.39, 0.29) is 24.4 Å². The first-order chi connectivity index (χ1) is 10.9. The lowest BCUT2D eigenvalue weighted by Gasteiger charge is -2.33. The van der Waals surface area contributed by atoms with Crippen LogP contribution in [0, 0.1) is 18.3 Å². The van der Waals surface area contributed by atoms with Gasteiger partial charge in [0, 0.05) is 37.4 Å². The van der Waals surface area contributed by atoms with E-state index in [2.05, 4.69) is 5.10 Å². The van der Waals surface area contributed by atoms with E-state index in [1.54, 1.807) is 11.1 Å². The first-order valence-electron chi connectivity index (χ1n) is 8.01. The number of carboxylic acids is 1. The van der Waals surface area contributed by atoms with Crippen LogP contribution in [0.5, 0.6) is 0 Å². The quantitative estimate of drug-likeness (QED) is 0.908. The third kappa shape index (κ3) is 2.43. The van der Waals surface area contributed by atoms with Crippen molar-refractivity contribution in [3.8, 4) is 0 Å². The number of aromatic nitrogens is 2. The van der Waals surface area contributed by atoms with E-state index in [0.717, 1.165) is 5.69 Å². The molecule has 3 rings (SSSR count). The number of rotatable bonds is 3. The molecule has 0 aliphatic carbocycles. The number of hydrogen-bond acceptors (Lipinski definition) is 4. The molecular formula is C16H23N3O4. The highest BCUT2D eigenvalue weighted by Crippen LogP contribution is 2.43. The van der Waals surface area contributed by atoms with E-state index >= 15 is 0 Å². The molecule has 1 aromatic heterocycles. The molecule has 0 unspecified atom stereocenters. The van der Waals surface area contributed by atoms with Crippen molar-refractivity contribution in [2.45, 2.75) is 33.2 Å². The molecule has 2 aliphatic rings. The van der Waals surface area contributed by atoms with E-state index < -0.39 is 11.4 Å². The van der Waals surface area contributed by atoms with E-state index in [1.807, 2.05) is 25.5 Å². The van der Waals surface area contributed by atoms with Crippen molar-refractivity contribution in [2.75, 3.05) is 26.3 Å². The monoisotopic (exact) mass is 321 g/mol. The van der Waals surface area contributed by atoms with Crippen molar-refractivity contribution in [3.63, 3.8) is 0 Å². The molecule has 0 aromatic carbocycles. The van der Waals surface area contributed by atoms with E-state index in [0.29, 0.717) is 31.7 Å². The van der Waals surface area contributed by atoms with Crippen LogP contribution in [-0.4, -0.2) is 58.0 Å². The first kappa shape index (κ1) is 16.0. The SMILES string of the molecule is Cc1c(C(=O)N2C[C@H]3COCC[C@@]3(C(=O)O)C2)cnn1C(C)C. The van der Waals surface area contributed by atoms with Crippen LogP contribution in [0.3, 0.4) is 0 Å². The second-order valence-corrected chi connectivity index (χ2v) is 6.85. The summed E-state index contributed by atoms with van der Waals surface area (Å²) in [7, 11) is 0. The molecule has 2 aliphatic heterocycles. The van der Waals surface area contributed by atoms with Crippen molar-refractivity contribution in [1.29, 1.82) is 0 Å². The Hall–Kier alpha value is -1.89. The molecule has 2 fully saturated rings. The molecular weight excluding hydrogens is 298 g/mol. The van der Waals surface area contributed by atoms with Gasteiger partial charge in [-0.1, -0.05) is 0 Å². The zero-order valence-corrected chi connectivity index (χ0v) is 13.8. The van der Waals surface area contributed by atoms with Crippen LogP contribution >= 0.6 is 0 Å². The molecule has 23 heavy (non-hydrogen) atoms. The number of fused-ring (bicyclic) bond motifs is 1. The molecule has 2 saturated heterocycles. The number of amides is 1. The number of carbonyl (C=O) groups excluding carboxylic acids is 1. The Balaban J connectivity index is 1.86. The summed E-state index contributed by atoms with van der Waals surface area (Å²) in [6.45, 7) is 7.42. The highest BCUT2D eigenvalue weighted by Gasteiger charge is 2.55. The van der Waals surface area contributed by atoms with Crippen molar-refractivity contribution in [1.82, 2.24) is 14.7 Å².